The average molecular weight is 270 g/mol. The Balaban J connectivity index is 1.90. The van der Waals surface area contributed by atoms with E-state index in [0.717, 1.165) is 38.6 Å². The molecule has 0 aromatic heterocycles. The lowest BCUT2D eigenvalue weighted by Crippen LogP contribution is -2.59. The van der Waals surface area contributed by atoms with E-state index in [0.29, 0.717) is 6.54 Å². The van der Waals surface area contributed by atoms with E-state index < -0.39 is 11.5 Å². The molecule has 0 radical (unpaired) electrons. The largest absolute Gasteiger partial charge is 0.481 e. The van der Waals surface area contributed by atoms with Crippen molar-refractivity contribution in [2.75, 3.05) is 20.2 Å². The fraction of sp³-hybridized carbons (Fsp3) is 0.846. The quantitative estimate of drug-likeness (QED) is 0.804. The van der Waals surface area contributed by atoms with Gasteiger partial charge in [-0.05, 0) is 32.1 Å². The molecule has 6 nitrogen and oxygen atoms in total. The molecule has 0 bridgehead atoms. The van der Waals surface area contributed by atoms with Crippen molar-refractivity contribution in [3.63, 3.8) is 0 Å². The van der Waals surface area contributed by atoms with Crippen molar-refractivity contribution in [2.45, 2.75) is 50.2 Å². The number of piperidine rings is 1. The normalized spacial score (nSPS) is 25.5. The van der Waals surface area contributed by atoms with Gasteiger partial charge in [0.15, 0.2) is 0 Å². The molecule has 0 spiro atoms. The second-order valence-corrected chi connectivity index (χ2v) is 5.58. The molecule has 1 aliphatic heterocycles. The lowest BCUT2D eigenvalue weighted by atomic mass is 9.74. The van der Waals surface area contributed by atoms with Gasteiger partial charge in [0.2, 0.25) is 0 Å². The van der Waals surface area contributed by atoms with Gasteiger partial charge in [-0.15, -0.1) is 0 Å². The van der Waals surface area contributed by atoms with Crippen molar-refractivity contribution in [1.29, 1.82) is 0 Å². The van der Waals surface area contributed by atoms with Gasteiger partial charge < -0.3 is 20.1 Å². The number of urea groups is 1. The van der Waals surface area contributed by atoms with Gasteiger partial charge in [0.1, 0.15) is 0 Å². The Morgan fingerprint density at radius 1 is 1.42 bits per heavy atom. The van der Waals surface area contributed by atoms with Gasteiger partial charge in [-0.2, -0.15) is 0 Å². The van der Waals surface area contributed by atoms with E-state index in [-0.39, 0.29) is 18.6 Å². The number of hydrogen-bond acceptors (Lipinski definition) is 3. The molecule has 6 heteroatoms. The maximum atomic E-state index is 12.2. The van der Waals surface area contributed by atoms with Crippen molar-refractivity contribution in [1.82, 2.24) is 10.2 Å². The minimum absolute atomic E-state index is 0.0142. The minimum Gasteiger partial charge on any atom is -0.481 e. The molecule has 19 heavy (non-hydrogen) atoms. The lowest BCUT2D eigenvalue weighted by molar-refractivity contribution is -0.139. The summed E-state index contributed by atoms with van der Waals surface area (Å²) in [6.07, 6.45) is 4.50. The highest BCUT2D eigenvalue weighted by Gasteiger charge is 2.41. The van der Waals surface area contributed by atoms with Gasteiger partial charge >= 0.3 is 12.0 Å². The molecular formula is C13H22N2O4. The van der Waals surface area contributed by atoms with Crippen LogP contribution in [0.2, 0.25) is 0 Å². The number of carboxylic acid groups (broad SMARTS) is 1. The van der Waals surface area contributed by atoms with Crippen LogP contribution in [0.1, 0.15) is 38.5 Å². The third-order valence-electron chi connectivity index (χ3n) is 4.17. The highest BCUT2D eigenvalue weighted by Crippen LogP contribution is 2.35. The smallest absolute Gasteiger partial charge is 0.317 e. The van der Waals surface area contributed by atoms with Gasteiger partial charge in [0.25, 0.3) is 0 Å². The zero-order valence-corrected chi connectivity index (χ0v) is 11.4. The van der Waals surface area contributed by atoms with E-state index >= 15 is 0 Å². The highest BCUT2D eigenvalue weighted by atomic mass is 16.5. The average Bonchev–Trinajstić information content (AvgIpc) is 2.35. The molecule has 2 aliphatic rings. The summed E-state index contributed by atoms with van der Waals surface area (Å²) in [5, 5.41) is 11.9. The summed E-state index contributed by atoms with van der Waals surface area (Å²) >= 11 is 0. The van der Waals surface area contributed by atoms with Crippen LogP contribution in [0.4, 0.5) is 4.79 Å². The van der Waals surface area contributed by atoms with Gasteiger partial charge in [-0.1, -0.05) is 0 Å². The van der Waals surface area contributed by atoms with Crippen molar-refractivity contribution >= 4 is 12.0 Å². The molecule has 2 rings (SSSR count). The van der Waals surface area contributed by atoms with Crippen LogP contribution in [0.5, 0.6) is 0 Å². The fourth-order valence-corrected chi connectivity index (χ4v) is 2.86. The summed E-state index contributed by atoms with van der Waals surface area (Å²) in [4.78, 5) is 24.8. The molecule has 0 aromatic rings. The molecule has 0 aromatic carbocycles. The van der Waals surface area contributed by atoms with Crippen LogP contribution in [-0.4, -0.2) is 53.8 Å². The summed E-state index contributed by atoms with van der Waals surface area (Å²) in [5.41, 5.74) is -0.525. The minimum atomic E-state index is -0.853. The standard InChI is InChI=1S/C13H22N2O4/c1-19-10-4-2-7-15(9-10)12(18)14-13(5-3-6-13)8-11(16)17/h10H,2-9H2,1H3,(H,14,18)(H,16,17). The van der Waals surface area contributed by atoms with Crippen LogP contribution in [0.15, 0.2) is 0 Å². The van der Waals surface area contributed by atoms with E-state index in [4.69, 9.17) is 9.84 Å². The molecule has 1 atom stereocenters. The number of carbonyl (C=O) groups is 2. The lowest BCUT2D eigenvalue weighted by Gasteiger charge is -2.43. The maximum absolute atomic E-state index is 12.2. The fourth-order valence-electron chi connectivity index (χ4n) is 2.86. The second-order valence-electron chi connectivity index (χ2n) is 5.58. The number of likely N-dealkylation sites (tertiary alicyclic amines) is 1. The van der Waals surface area contributed by atoms with E-state index in [1.807, 2.05) is 0 Å². The van der Waals surface area contributed by atoms with Gasteiger partial charge in [0.05, 0.1) is 18.1 Å². The molecule has 108 valence electrons. The van der Waals surface area contributed by atoms with Crippen LogP contribution in [-0.2, 0) is 9.53 Å². The zero-order chi connectivity index (χ0) is 13.9. The van der Waals surface area contributed by atoms with E-state index in [9.17, 15) is 9.59 Å². The Bertz CT molecular complexity index is 355. The Kier molecular flexibility index (Phi) is 4.29. The Morgan fingerprint density at radius 3 is 2.68 bits per heavy atom. The molecular weight excluding hydrogens is 248 g/mol. The van der Waals surface area contributed by atoms with Crippen LogP contribution >= 0.6 is 0 Å². The number of ether oxygens (including phenoxy) is 1. The summed E-state index contributed by atoms with van der Waals surface area (Å²) in [6.45, 7) is 1.31. The highest BCUT2D eigenvalue weighted by molar-refractivity contribution is 5.77. The number of carbonyl (C=O) groups excluding carboxylic acids is 1. The first kappa shape index (κ1) is 14.1. The number of aliphatic carboxylic acids is 1. The second kappa shape index (κ2) is 5.77. The molecule has 1 saturated carbocycles. The summed E-state index contributed by atoms with van der Waals surface area (Å²) in [6, 6.07) is -0.150. The molecule has 2 N–H and O–H groups in total. The number of hydrogen-bond donors (Lipinski definition) is 2. The van der Waals surface area contributed by atoms with Gasteiger partial charge in [-0.3, -0.25) is 4.79 Å². The predicted molar refractivity (Wildman–Crippen MR) is 69.0 cm³/mol. The first-order valence-corrected chi connectivity index (χ1v) is 6.86. The van der Waals surface area contributed by atoms with Crippen LogP contribution in [0.25, 0.3) is 0 Å². The topological polar surface area (TPSA) is 78.9 Å². The van der Waals surface area contributed by atoms with Crippen molar-refractivity contribution < 1.29 is 19.4 Å². The Morgan fingerprint density at radius 2 is 2.16 bits per heavy atom. The SMILES string of the molecule is COC1CCCN(C(=O)NC2(CC(=O)O)CCC2)C1. The van der Waals surface area contributed by atoms with Gasteiger partial charge in [0, 0.05) is 20.2 Å². The summed E-state index contributed by atoms with van der Waals surface area (Å²) < 4.78 is 5.29. The number of nitrogens with one attached hydrogen (secondary N) is 1. The number of carboxylic acids is 1. The van der Waals surface area contributed by atoms with Crippen molar-refractivity contribution in [2.24, 2.45) is 0 Å². The third kappa shape index (κ3) is 3.37. The van der Waals surface area contributed by atoms with Crippen LogP contribution in [0.3, 0.4) is 0 Å². The number of methoxy groups -OCH3 is 1. The number of nitrogens with zero attached hydrogens (tertiary/aromatic N) is 1. The van der Waals surface area contributed by atoms with E-state index in [2.05, 4.69) is 5.32 Å². The number of rotatable bonds is 4. The first-order valence-electron chi connectivity index (χ1n) is 6.86. The Hall–Kier alpha value is -1.30. The molecule has 2 amide bonds. The molecule has 1 heterocycles. The van der Waals surface area contributed by atoms with Crippen molar-refractivity contribution in [3.8, 4) is 0 Å². The van der Waals surface area contributed by atoms with E-state index in [1.165, 1.54) is 0 Å². The molecule has 1 unspecified atom stereocenters. The van der Waals surface area contributed by atoms with E-state index in [1.54, 1.807) is 12.0 Å². The third-order valence-corrected chi connectivity index (χ3v) is 4.17. The van der Waals surface area contributed by atoms with Crippen LogP contribution < -0.4 is 5.32 Å². The van der Waals surface area contributed by atoms with Gasteiger partial charge in [-0.25, -0.2) is 4.79 Å². The van der Waals surface area contributed by atoms with Crippen LogP contribution in [0, 0.1) is 0 Å². The maximum Gasteiger partial charge on any atom is 0.317 e. The molecule has 1 saturated heterocycles. The zero-order valence-electron chi connectivity index (χ0n) is 11.4. The Labute approximate surface area is 113 Å². The predicted octanol–water partition coefficient (Wildman–Crippen LogP) is 1.20. The molecule has 1 aliphatic carbocycles. The summed E-state index contributed by atoms with van der Waals surface area (Å²) in [5.74, 6) is -0.853. The first-order chi connectivity index (χ1) is 9.04. The number of amides is 2. The monoisotopic (exact) mass is 270 g/mol. The molecule has 2 fully saturated rings. The summed E-state index contributed by atoms with van der Waals surface area (Å²) in [7, 11) is 1.66. The van der Waals surface area contributed by atoms with Crippen molar-refractivity contribution in [3.05, 3.63) is 0 Å².